The van der Waals surface area contributed by atoms with Crippen LogP contribution < -0.4 is 0 Å². The van der Waals surface area contributed by atoms with Crippen LogP contribution in [0.25, 0.3) is 22.4 Å². The van der Waals surface area contributed by atoms with Gasteiger partial charge in [0.1, 0.15) is 17.4 Å². The van der Waals surface area contributed by atoms with Crippen molar-refractivity contribution < 1.29 is 13.5 Å². The largest absolute Gasteiger partial charge is 0.506 e. The Morgan fingerprint density at radius 3 is 2.30 bits per heavy atom. The average molecular weight is 425 g/mol. The van der Waals surface area contributed by atoms with Crippen LogP contribution in [0, 0.1) is 11.3 Å². The number of hydrogen-bond acceptors (Lipinski definition) is 5. The molecule has 1 aromatic heterocycles. The monoisotopic (exact) mass is 424 g/mol. The lowest BCUT2D eigenvalue weighted by Crippen LogP contribution is -2.32. The summed E-state index contributed by atoms with van der Waals surface area (Å²) in [6.07, 6.45) is 1.45. The zero-order valence-electron chi connectivity index (χ0n) is 17.0. The molecular weight excluding hydrogens is 400 g/mol. The van der Waals surface area contributed by atoms with Gasteiger partial charge in [0, 0.05) is 18.7 Å². The summed E-state index contributed by atoms with van der Waals surface area (Å²) in [5.74, 6) is -0.00978. The smallest absolute Gasteiger partial charge is 0.243 e. The van der Waals surface area contributed by atoms with E-state index in [-0.39, 0.29) is 22.1 Å². The van der Waals surface area contributed by atoms with Crippen molar-refractivity contribution >= 4 is 32.4 Å². The third-order valence-electron chi connectivity index (χ3n) is 4.69. The SMILES string of the molecule is CCCN(CCC)S(=O)(=O)c1ccc(C(O)=C(C#N)c2nc3ccccc3[nH]2)cc1. The quantitative estimate of drug-likeness (QED) is 0.413. The van der Waals surface area contributed by atoms with E-state index in [0.717, 1.165) is 18.4 Å². The van der Waals surface area contributed by atoms with E-state index in [0.29, 0.717) is 24.2 Å². The molecule has 1 heterocycles. The first-order valence-electron chi connectivity index (χ1n) is 9.81. The third-order valence-corrected chi connectivity index (χ3v) is 6.60. The summed E-state index contributed by atoms with van der Waals surface area (Å²) < 4.78 is 27.2. The summed E-state index contributed by atoms with van der Waals surface area (Å²) in [4.78, 5) is 7.53. The molecule has 156 valence electrons. The molecule has 0 saturated heterocycles. The standard InChI is InChI=1S/C22H24N4O3S/c1-3-13-26(14-4-2)30(28,29)17-11-9-16(10-12-17)21(27)18(15-23)22-24-19-7-5-6-8-20(19)25-22/h5-12,27H,3-4,13-14H2,1-2H3,(H,24,25). The molecule has 0 amide bonds. The van der Waals surface area contributed by atoms with Crippen molar-refractivity contribution in [1.29, 1.82) is 5.26 Å². The number of aliphatic hydroxyl groups excluding tert-OH is 1. The number of nitriles is 1. The van der Waals surface area contributed by atoms with Crippen LogP contribution in [-0.4, -0.2) is 40.9 Å². The molecule has 0 aliphatic heterocycles. The number of benzene rings is 2. The van der Waals surface area contributed by atoms with Gasteiger partial charge in [0.2, 0.25) is 10.0 Å². The van der Waals surface area contributed by atoms with Gasteiger partial charge in [-0.1, -0.05) is 26.0 Å². The number of sulfonamides is 1. The molecule has 0 atom stereocenters. The molecule has 7 nitrogen and oxygen atoms in total. The summed E-state index contributed by atoms with van der Waals surface area (Å²) in [5, 5.41) is 20.2. The van der Waals surface area contributed by atoms with Crippen LogP contribution in [0.15, 0.2) is 53.4 Å². The van der Waals surface area contributed by atoms with Crippen LogP contribution in [0.4, 0.5) is 0 Å². The molecule has 0 aliphatic carbocycles. The molecule has 30 heavy (non-hydrogen) atoms. The number of fused-ring (bicyclic) bond motifs is 1. The highest BCUT2D eigenvalue weighted by Crippen LogP contribution is 2.26. The predicted molar refractivity (Wildman–Crippen MR) is 117 cm³/mol. The maximum Gasteiger partial charge on any atom is 0.243 e. The summed E-state index contributed by atoms with van der Waals surface area (Å²) in [7, 11) is -3.61. The van der Waals surface area contributed by atoms with E-state index in [1.54, 1.807) is 6.07 Å². The van der Waals surface area contributed by atoms with Crippen LogP contribution in [0.1, 0.15) is 38.1 Å². The third kappa shape index (κ3) is 4.22. The van der Waals surface area contributed by atoms with E-state index in [4.69, 9.17) is 0 Å². The predicted octanol–water partition coefficient (Wildman–Crippen LogP) is 4.32. The Hall–Kier alpha value is -3.15. The fourth-order valence-corrected chi connectivity index (χ4v) is 4.84. The Labute approximate surface area is 176 Å². The van der Waals surface area contributed by atoms with Crippen molar-refractivity contribution in [3.8, 4) is 6.07 Å². The summed E-state index contributed by atoms with van der Waals surface area (Å²) >= 11 is 0. The first-order valence-corrected chi connectivity index (χ1v) is 11.2. The number of nitrogens with one attached hydrogen (secondary N) is 1. The van der Waals surface area contributed by atoms with Crippen LogP contribution in [0.2, 0.25) is 0 Å². The van der Waals surface area contributed by atoms with Crippen LogP contribution in [0.5, 0.6) is 0 Å². The molecule has 0 saturated carbocycles. The second-order valence-electron chi connectivity index (χ2n) is 6.87. The van der Waals surface area contributed by atoms with Gasteiger partial charge in [-0.3, -0.25) is 0 Å². The molecule has 3 aromatic rings. The lowest BCUT2D eigenvalue weighted by Gasteiger charge is -2.21. The molecule has 8 heteroatoms. The lowest BCUT2D eigenvalue weighted by atomic mass is 10.1. The second-order valence-corrected chi connectivity index (χ2v) is 8.80. The minimum atomic E-state index is -3.61. The number of aromatic amines is 1. The first-order chi connectivity index (χ1) is 14.4. The lowest BCUT2D eigenvalue weighted by molar-refractivity contribution is 0.410. The van der Waals surface area contributed by atoms with Gasteiger partial charge in [0.25, 0.3) is 0 Å². The normalized spacial score (nSPS) is 12.7. The van der Waals surface area contributed by atoms with Gasteiger partial charge < -0.3 is 10.1 Å². The van der Waals surface area contributed by atoms with Gasteiger partial charge in [0.05, 0.1) is 15.9 Å². The van der Waals surface area contributed by atoms with Gasteiger partial charge >= 0.3 is 0 Å². The number of nitrogens with zero attached hydrogens (tertiary/aromatic N) is 3. The Morgan fingerprint density at radius 2 is 1.73 bits per heavy atom. The minimum Gasteiger partial charge on any atom is -0.506 e. The van der Waals surface area contributed by atoms with E-state index in [2.05, 4.69) is 9.97 Å². The Kier molecular flexibility index (Phi) is 6.55. The van der Waals surface area contributed by atoms with Crippen molar-refractivity contribution in [3.63, 3.8) is 0 Å². The summed E-state index contributed by atoms with van der Waals surface area (Å²) in [6.45, 7) is 4.78. The maximum atomic E-state index is 12.9. The van der Waals surface area contributed by atoms with Crippen molar-refractivity contribution in [1.82, 2.24) is 14.3 Å². The number of hydrogen-bond donors (Lipinski definition) is 2. The van der Waals surface area contributed by atoms with Gasteiger partial charge in [-0.25, -0.2) is 13.4 Å². The van der Waals surface area contributed by atoms with Crippen molar-refractivity contribution in [3.05, 3.63) is 59.9 Å². The van der Waals surface area contributed by atoms with E-state index in [1.165, 1.54) is 28.6 Å². The maximum absolute atomic E-state index is 12.9. The van der Waals surface area contributed by atoms with Crippen molar-refractivity contribution in [2.45, 2.75) is 31.6 Å². The van der Waals surface area contributed by atoms with Crippen LogP contribution in [0.3, 0.4) is 0 Å². The van der Waals surface area contributed by atoms with Crippen molar-refractivity contribution in [2.24, 2.45) is 0 Å². The van der Waals surface area contributed by atoms with Crippen LogP contribution >= 0.6 is 0 Å². The number of rotatable bonds is 8. The first kappa shape index (κ1) is 21.6. The molecule has 0 fully saturated rings. The molecule has 0 spiro atoms. The molecule has 0 aliphatic rings. The molecule has 2 aromatic carbocycles. The second kappa shape index (κ2) is 9.11. The Balaban J connectivity index is 1.96. The van der Waals surface area contributed by atoms with E-state index in [9.17, 15) is 18.8 Å². The van der Waals surface area contributed by atoms with E-state index < -0.39 is 10.0 Å². The number of para-hydroxylation sites is 2. The van der Waals surface area contributed by atoms with Gasteiger partial charge in [-0.15, -0.1) is 0 Å². The topological polar surface area (TPSA) is 110 Å². The highest BCUT2D eigenvalue weighted by molar-refractivity contribution is 7.89. The van der Waals surface area contributed by atoms with Crippen molar-refractivity contribution in [2.75, 3.05) is 13.1 Å². The number of aromatic nitrogens is 2. The average Bonchev–Trinajstić information content (AvgIpc) is 3.18. The van der Waals surface area contributed by atoms with E-state index in [1.807, 2.05) is 38.1 Å². The molecule has 0 unspecified atom stereocenters. The summed E-state index contributed by atoms with van der Waals surface area (Å²) in [6, 6.07) is 15.2. The van der Waals surface area contributed by atoms with E-state index >= 15 is 0 Å². The van der Waals surface area contributed by atoms with Gasteiger partial charge in [-0.2, -0.15) is 9.57 Å². The fourth-order valence-electron chi connectivity index (χ4n) is 3.22. The Bertz CT molecular complexity index is 1170. The molecule has 3 rings (SSSR count). The number of allylic oxidation sites excluding steroid dienone is 1. The highest BCUT2D eigenvalue weighted by atomic mass is 32.2. The zero-order valence-corrected chi connectivity index (χ0v) is 17.8. The van der Waals surface area contributed by atoms with Gasteiger partial charge in [0.15, 0.2) is 5.82 Å². The summed E-state index contributed by atoms with van der Waals surface area (Å²) in [5.41, 5.74) is 1.76. The molecular formula is C22H24N4O3S. The van der Waals surface area contributed by atoms with Crippen LogP contribution in [-0.2, 0) is 10.0 Å². The number of H-pyrrole nitrogens is 1. The molecule has 2 N–H and O–H groups in total. The number of imidazole rings is 1. The zero-order chi connectivity index (χ0) is 21.7. The minimum absolute atomic E-state index is 0.0135. The highest BCUT2D eigenvalue weighted by Gasteiger charge is 2.23. The number of aliphatic hydroxyl groups is 1. The van der Waals surface area contributed by atoms with Gasteiger partial charge in [-0.05, 0) is 49.2 Å². The molecule has 0 radical (unpaired) electrons. The Morgan fingerprint density at radius 1 is 1.10 bits per heavy atom. The molecule has 0 bridgehead atoms. The fraction of sp³-hybridized carbons (Fsp3) is 0.273.